The summed E-state index contributed by atoms with van der Waals surface area (Å²) in [6.45, 7) is 5.74. The van der Waals surface area contributed by atoms with Crippen LogP contribution in [0.5, 0.6) is 0 Å². The molecule has 2 rings (SSSR count). The largest absolute Gasteiger partial charge is 0.375 e. The van der Waals surface area contributed by atoms with Crippen LogP contribution in [0.1, 0.15) is 13.8 Å². The van der Waals surface area contributed by atoms with E-state index >= 15 is 0 Å². The van der Waals surface area contributed by atoms with Gasteiger partial charge in [0.05, 0.1) is 12.7 Å². The van der Waals surface area contributed by atoms with Gasteiger partial charge in [-0.2, -0.15) is 0 Å². The van der Waals surface area contributed by atoms with Crippen LogP contribution >= 0.6 is 23.2 Å². The number of aromatic nitrogens is 1. The number of nitrogens with zero attached hydrogens (tertiary/aromatic N) is 2. The molecule has 3 nitrogen and oxygen atoms in total. The van der Waals surface area contributed by atoms with E-state index in [1.807, 2.05) is 12.1 Å². The molecule has 1 aliphatic heterocycles. The number of hydrogen-bond donors (Lipinski definition) is 0. The summed E-state index contributed by atoms with van der Waals surface area (Å²) < 4.78 is 5.58. The molecule has 0 saturated carbocycles. The summed E-state index contributed by atoms with van der Waals surface area (Å²) in [6, 6.07) is 4.00. The molecule has 1 saturated heterocycles. The lowest BCUT2D eigenvalue weighted by Crippen LogP contribution is -2.47. The Morgan fingerprint density at radius 2 is 1.94 bits per heavy atom. The van der Waals surface area contributed by atoms with Gasteiger partial charge in [0, 0.05) is 18.3 Å². The van der Waals surface area contributed by atoms with Gasteiger partial charge in [-0.15, -0.1) is 0 Å². The van der Waals surface area contributed by atoms with E-state index in [0.717, 1.165) is 18.8 Å². The Morgan fingerprint density at radius 3 is 2.56 bits per heavy atom. The zero-order valence-corrected chi connectivity index (χ0v) is 10.8. The Hall–Kier alpha value is -0.510. The third-order valence-corrected chi connectivity index (χ3v) is 3.07. The third kappa shape index (κ3) is 2.59. The van der Waals surface area contributed by atoms with Crippen molar-refractivity contribution in [2.45, 2.75) is 26.0 Å². The van der Waals surface area contributed by atoms with Crippen LogP contribution in [0.2, 0.25) is 10.3 Å². The molecule has 0 bridgehead atoms. The number of halogens is 2. The summed E-state index contributed by atoms with van der Waals surface area (Å²) in [5.41, 5.74) is 1.01. The van der Waals surface area contributed by atoms with Crippen molar-refractivity contribution in [1.82, 2.24) is 4.98 Å². The van der Waals surface area contributed by atoms with E-state index in [0.29, 0.717) is 16.3 Å². The van der Waals surface area contributed by atoms with Crippen LogP contribution in [0.3, 0.4) is 0 Å². The van der Waals surface area contributed by atoms with Gasteiger partial charge in [0.1, 0.15) is 10.3 Å². The van der Waals surface area contributed by atoms with Crippen LogP contribution < -0.4 is 4.90 Å². The van der Waals surface area contributed by atoms with Crippen molar-refractivity contribution < 1.29 is 4.74 Å². The molecule has 0 N–H and O–H groups in total. The summed E-state index contributed by atoms with van der Waals surface area (Å²) in [4.78, 5) is 6.19. The van der Waals surface area contributed by atoms with Gasteiger partial charge in [-0.05, 0) is 26.0 Å². The van der Waals surface area contributed by atoms with E-state index in [1.54, 1.807) is 0 Å². The molecule has 88 valence electrons. The van der Waals surface area contributed by atoms with Crippen molar-refractivity contribution in [2.75, 3.05) is 18.1 Å². The van der Waals surface area contributed by atoms with Crippen molar-refractivity contribution in [3.63, 3.8) is 0 Å². The molecule has 5 heteroatoms. The summed E-state index contributed by atoms with van der Waals surface area (Å²) in [5, 5.41) is 0.850. The fourth-order valence-corrected chi connectivity index (χ4v) is 2.33. The minimum Gasteiger partial charge on any atom is -0.375 e. The molecule has 16 heavy (non-hydrogen) atoms. The zero-order chi connectivity index (χ0) is 11.7. The first-order chi connectivity index (χ1) is 7.56. The number of ether oxygens (including phenoxy) is 1. The maximum absolute atomic E-state index is 5.90. The normalized spacial score (nSPS) is 25.9. The Morgan fingerprint density at radius 1 is 1.31 bits per heavy atom. The molecule has 0 radical (unpaired) electrons. The van der Waals surface area contributed by atoms with E-state index in [2.05, 4.69) is 23.7 Å². The second kappa shape index (κ2) is 4.78. The summed E-state index contributed by atoms with van der Waals surface area (Å²) in [6.07, 6.45) is 0.224. The fourth-order valence-electron chi connectivity index (χ4n) is 1.88. The van der Waals surface area contributed by atoms with E-state index in [-0.39, 0.29) is 6.10 Å². The van der Waals surface area contributed by atoms with Crippen LogP contribution in [0.4, 0.5) is 5.69 Å². The predicted molar refractivity (Wildman–Crippen MR) is 66.5 cm³/mol. The Balaban J connectivity index is 2.27. The molecular formula is C11H14Cl2N2O. The number of rotatable bonds is 1. The van der Waals surface area contributed by atoms with Gasteiger partial charge >= 0.3 is 0 Å². The predicted octanol–water partition coefficient (Wildman–Crippen LogP) is 3.00. The van der Waals surface area contributed by atoms with Crippen LogP contribution in [0.25, 0.3) is 0 Å². The Kier molecular flexibility index (Phi) is 3.57. The van der Waals surface area contributed by atoms with Crippen molar-refractivity contribution in [3.8, 4) is 0 Å². The SMILES string of the molecule is C[C@H]1CN(c2cc(Cl)nc(Cl)c2)[C@@H](C)CO1. The van der Waals surface area contributed by atoms with Crippen LogP contribution in [0.15, 0.2) is 12.1 Å². The second-order valence-corrected chi connectivity index (χ2v) is 4.89. The number of hydrogen-bond acceptors (Lipinski definition) is 3. The molecule has 1 aromatic rings. The smallest absolute Gasteiger partial charge is 0.132 e. The number of morpholine rings is 1. The zero-order valence-electron chi connectivity index (χ0n) is 9.28. The quantitative estimate of drug-likeness (QED) is 0.726. The van der Waals surface area contributed by atoms with Gasteiger partial charge in [-0.1, -0.05) is 23.2 Å². The summed E-state index contributed by atoms with van der Waals surface area (Å²) in [5.74, 6) is 0. The van der Waals surface area contributed by atoms with Crippen LogP contribution in [0, 0.1) is 0 Å². The fraction of sp³-hybridized carbons (Fsp3) is 0.545. The monoisotopic (exact) mass is 260 g/mol. The van der Waals surface area contributed by atoms with Gasteiger partial charge < -0.3 is 9.64 Å². The van der Waals surface area contributed by atoms with Crippen molar-refractivity contribution in [3.05, 3.63) is 22.4 Å². The maximum Gasteiger partial charge on any atom is 0.132 e. The van der Waals surface area contributed by atoms with Crippen molar-refractivity contribution in [2.24, 2.45) is 0 Å². The minimum absolute atomic E-state index is 0.224. The highest BCUT2D eigenvalue weighted by molar-refractivity contribution is 6.32. The van der Waals surface area contributed by atoms with Gasteiger partial charge in [-0.25, -0.2) is 4.98 Å². The first-order valence-corrected chi connectivity index (χ1v) is 6.03. The van der Waals surface area contributed by atoms with Crippen LogP contribution in [-0.2, 0) is 4.74 Å². The number of pyridine rings is 1. The van der Waals surface area contributed by atoms with Gasteiger partial charge in [-0.3, -0.25) is 0 Å². The molecule has 1 fully saturated rings. The van der Waals surface area contributed by atoms with E-state index in [4.69, 9.17) is 27.9 Å². The number of anilines is 1. The molecule has 2 heterocycles. The van der Waals surface area contributed by atoms with Gasteiger partial charge in [0.2, 0.25) is 0 Å². The Bertz CT molecular complexity index is 366. The van der Waals surface area contributed by atoms with E-state index < -0.39 is 0 Å². The average molecular weight is 261 g/mol. The highest BCUT2D eigenvalue weighted by atomic mass is 35.5. The second-order valence-electron chi connectivity index (χ2n) is 4.12. The topological polar surface area (TPSA) is 25.4 Å². The van der Waals surface area contributed by atoms with Crippen molar-refractivity contribution >= 4 is 28.9 Å². The molecule has 0 amide bonds. The lowest BCUT2D eigenvalue weighted by Gasteiger charge is -2.38. The molecule has 0 aliphatic carbocycles. The molecule has 0 aromatic carbocycles. The summed E-state index contributed by atoms with van der Waals surface area (Å²) >= 11 is 11.8. The first-order valence-electron chi connectivity index (χ1n) is 5.27. The maximum atomic E-state index is 5.90. The van der Waals surface area contributed by atoms with Crippen LogP contribution in [-0.4, -0.2) is 30.3 Å². The van der Waals surface area contributed by atoms with E-state index in [9.17, 15) is 0 Å². The first kappa shape index (κ1) is 12.0. The molecule has 1 aromatic heterocycles. The average Bonchev–Trinajstić information content (AvgIpc) is 2.20. The molecule has 0 spiro atoms. The molecule has 0 unspecified atom stereocenters. The van der Waals surface area contributed by atoms with Crippen molar-refractivity contribution in [1.29, 1.82) is 0 Å². The highest BCUT2D eigenvalue weighted by Crippen LogP contribution is 2.26. The van der Waals surface area contributed by atoms with Gasteiger partial charge in [0.15, 0.2) is 0 Å². The molecule has 1 aliphatic rings. The molecular weight excluding hydrogens is 247 g/mol. The highest BCUT2D eigenvalue weighted by Gasteiger charge is 2.24. The minimum atomic E-state index is 0.224. The molecule has 2 atom stereocenters. The van der Waals surface area contributed by atoms with Gasteiger partial charge in [0.25, 0.3) is 0 Å². The Labute approximate surface area is 105 Å². The summed E-state index contributed by atoms with van der Waals surface area (Å²) in [7, 11) is 0. The lowest BCUT2D eigenvalue weighted by atomic mass is 10.2. The van der Waals surface area contributed by atoms with E-state index in [1.165, 1.54) is 0 Å². The third-order valence-electron chi connectivity index (χ3n) is 2.69. The standard InChI is InChI=1S/C11H14Cl2N2O/c1-7-6-16-8(2)5-15(7)9-3-10(12)14-11(13)4-9/h3-4,7-8H,5-6H2,1-2H3/t7-,8-/m0/s1. The lowest BCUT2D eigenvalue weighted by molar-refractivity contribution is 0.0344.